The fourth-order valence-corrected chi connectivity index (χ4v) is 5.71. The van der Waals surface area contributed by atoms with Gasteiger partial charge in [0, 0.05) is 25.4 Å². The van der Waals surface area contributed by atoms with Crippen molar-refractivity contribution in [3.8, 4) is 16.5 Å². The molecule has 0 bridgehead atoms. The first kappa shape index (κ1) is 25.9. The first-order valence-corrected chi connectivity index (χ1v) is 13.9. The molecule has 2 atom stereocenters. The number of ether oxygens (including phenoxy) is 2. The topological polar surface area (TPSA) is 145 Å². The number of rotatable bonds is 12. The smallest absolute Gasteiger partial charge is 0.280 e. The highest BCUT2D eigenvalue weighted by Gasteiger charge is 2.36. The summed E-state index contributed by atoms with van der Waals surface area (Å²) < 4.78 is 38.1. The molecular weight excluding hydrogens is 504 g/mol. The van der Waals surface area contributed by atoms with Crippen LogP contribution in [0.4, 0.5) is 5.69 Å². The number of methoxy groups -OCH3 is 1. The van der Waals surface area contributed by atoms with Crippen LogP contribution >= 0.6 is 11.3 Å². The number of carbonyl (C=O) groups is 1. The van der Waals surface area contributed by atoms with Crippen LogP contribution in [0.5, 0.6) is 5.88 Å². The van der Waals surface area contributed by atoms with Gasteiger partial charge in [-0.25, -0.2) is 18.4 Å². The number of aromatic nitrogens is 4. The summed E-state index contributed by atoms with van der Waals surface area (Å²) in [4.78, 5) is 31.0. The highest BCUT2D eigenvalue weighted by Crippen LogP contribution is 2.31. The molecule has 3 heterocycles. The fourth-order valence-electron chi connectivity index (χ4n) is 3.56. The fraction of sp³-hybridized carbons (Fsp3) is 0.435. The zero-order chi connectivity index (χ0) is 25.7. The average Bonchev–Trinajstić information content (AvgIpc) is 3.61. The lowest BCUT2D eigenvalue weighted by Gasteiger charge is -2.24. The Morgan fingerprint density at radius 1 is 1.25 bits per heavy atom. The number of nitrogens with zero attached hydrogens (tertiary/aromatic N) is 4. The van der Waals surface area contributed by atoms with E-state index >= 15 is 0 Å². The molecule has 0 aromatic carbocycles. The van der Waals surface area contributed by atoms with Crippen LogP contribution in [0.3, 0.4) is 0 Å². The maximum atomic E-state index is 13.2. The minimum absolute atomic E-state index is 0.157. The van der Waals surface area contributed by atoms with E-state index in [0.717, 1.165) is 0 Å². The van der Waals surface area contributed by atoms with Crippen molar-refractivity contribution in [2.75, 3.05) is 25.0 Å². The second kappa shape index (κ2) is 11.3. The number of amides is 1. The van der Waals surface area contributed by atoms with Gasteiger partial charge in [-0.2, -0.15) is 0 Å². The maximum absolute atomic E-state index is 13.2. The zero-order valence-corrected chi connectivity index (χ0v) is 21.8. The summed E-state index contributed by atoms with van der Waals surface area (Å²) >= 11 is 1.18. The Bertz CT molecular complexity index is 1310. The van der Waals surface area contributed by atoms with Crippen molar-refractivity contribution in [1.29, 1.82) is 0 Å². The number of anilines is 1. The van der Waals surface area contributed by atoms with E-state index in [1.807, 2.05) is 13.8 Å². The van der Waals surface area contributed by atoms with Crippen molar-refractivity contribution in [2.24, 2.45) is 5.92 Å². The first-order valence-electron chi connectivity index (χ1n) is 11.5. The van der Waals surface area contributed by atoms with E-state index in [9.17, 15) is 13.2 Å². The third-order valence-corrected chi connectivity index (χ3v) is 8.35. The molecule has 3 aromatic heterocycles. The van der Waals surface area contributed by atoms with E-state index in [0.29, 0.717) is 53.9 Å². The van der Waals surface area contributed by atoms with Crippen molar-refractivity contribution in [3.05, 3.63) is 47.6 Å². The normalized spacial score (nSPS) is 15.2. The van der Waals surface area contributed by atoms with E-state index < -0.39 is 16.1 Å². The van der Waals surface area contributed by atoms with Gasteiger partial charge in [0.15, 0.2) is 5.01 Å². The van der Waals surface area contributed by atoms with E-state index in [4.69, 9.17) is 9.47 Å². The molecule has 1 unspecified atom stereocenters. The van der Waals surface area contributed by atoms with Crippen molar-refractivity contribution in [1.82, 2.24) is 25.3 Å². The Morgan fingerprint density at radius 3 is 2.78 bits per heavy atom. The van der Waals surface area contributed by atoms with Gasteiger partial charge in [-0.15, -0.1) is 11.3 Å². The molecule has 11 nitrogen and oxygen atoms in total. The first-order chi connectivity index (χ1) is 17.3. The van der Waals surface area contributed by atoms with Crippen LogP contribution in [0, 0.1) is 5.92 Å². The molecule has 2 N–H and O–H groups in total. The Hall–Kier alpha value is -3.16. The molecule has 0 spiro atoms. The van der Waals surface area contributed by atoms with E-state index in [2.05, 4.69) is 30.0 Å². The van der Waals surface area contributed by atoms with E-state index in [1.54, 1.807) is 31.6 Å². The Morgan fingerprint density at radius 2 is 2.06 bits per heavy atom. The van der Waals surface area contributed by atoms with Crippen molar-refractivity contribution in [2.45, 2.75) is 38.0 Å². The number of thiazole rings is 1. The minimum atomic E-state index is -3.43. The minimum Gasteiger partial charge on any atom is -0.477 e. The number of nitrogens with one attached hydrogen (secondary N) is 2. The lowest BCUT2D eigenvalue weighted by molar-refractivity contribution is 0.0885. The predicted molar refractivity (Wildman–Crippen MR) is 135 cm³/mol. The van der Waals surface area contributed by atoms with E-state index in [1.165, 1.54) is 23.7 Å². The highest BCUT2D eigenvalue weighted by atomic mass is 32.2. The highest BCUT2D eigenvalue weighted by molar-refractivity contribution is 7.93. The molecule has 13 heteroatoms. The lowest BCUT2D eigenvalue weighted by atomic mass is 9.98. The van der Waals surface area contributed by atoms with Crippen molar-refractivity contribution in [3.63, 3.8) is 0 Å². The average molecular weight is 533 g/mol. The van der Waals surface area contributed by atoms with Gasteiger partial charge < -0.3 is 14.8 Å². The van der Waals surface area contributed by atoms with Crippen LogP contribution in [-0.4, -0.2) is 59.8 Å². The molecule has 3 aromatic rings. The van der Waals surface area contributed by atoms with Crippen LogP contribution in [0.2, 0.25) is 0 Å². The molecule has 0 radical (unpaired) electrons. The summed E-state index contributed by atoms with van der Waals surface area (Å²) in [5.74, 6) is -0.153. The van der Waals surface area contributed by atoms with Crippen LogP contribution in [0.1, 0.15) is 48.2 Å². The molecule has 1 amide bonds. The molecule has 36 heavy (non-hydrogen) atoms. The Kier molecular flexibility index (Phi) is 8.11. The molecule has 1 aliphatic carbocycles. The molecule has 1 saturated carbocycles. The number of hydrogen-bond acceptors (Lipinski definition) is 10. The number of carbonyl (C=O) groups excluding carboxylic acids is 1. The summed E-state index contributed by atoms with van der Waals surface area (Å²) in [5, 5.41) is 2.88. The van der Waals surface area contributed by atoms with Crippen molar-refractivity contribution >= 4 is 33.0 Å². The van der Waals surface area contributed by atoms with E-state index in [-0.39, 0.29) is 22.1 Å². The molecule has 4 rings (SSSR count). The van der Waals surface area contributed by atoms with Crippen LogP contribution in [0.15, 0.2) is 36.9 Å². The van der Waals surface area contributed by atoms with Gasteiger partial charge in [0.25, 0.3) is 5.91 Å². The Balaban J connectivity index is 1.54. The van der Waals surface area contributed by atoms with Crippen LogP contribution < -0.4 is 14.8 Å². The molecule has 1 aliphatic rings. The van der Waals surface area contributed by atoms with Gasteiger partial charge in [-0.3, -0.25) is 19.5 Å². The third-order valence-electron chi connectivity index (χ3n) is 5.47. The molecular formula is C23H28N6O5S2. The number of hydrogen-bond donors (Lipinski definition) is 2. The Labute approximate surface area is 213 Å². The second-order valence-corrected chi connectivity index (χ2v) is 11.4. The third kappa shape index (κ3) is 6.33. The zero-order valence-electron chi connectivity index (χ0n) is 20.2. The predicted octanol–water partition coefficient (Wildman–Crippen LogP) is 3.05. The van der Waals surface area contributed by atoms with Gasteiger partial charge in [-0.05, 0) is 31.9 Å². The molecule has 0 saturated heterocycles. The summed E-state index contributed by atoms with van der Waals surface area (Å²) in [5.41, 5.74) is 1.47. The molecule has 192 valence electrons. The van der Waals surface area contributed by atoms with Gasteiger partial charge >= 0.3 is 0 Å². The lowest BCUT2D eigenvalue weighted by Crippen LogP contribution is -2.34. The van der Waals surface area contributed by atoms with Crippen LogP contribution in [-0.2, 0) is 14.8 Å². The summed E-state index contributed by atoms with van der Waals surface area (Å²) in [6.07, 6.45) is 7.51. The van der Waals surface area contributed by atoms with Gasteiger partial charge in [0.2, 0.25) is 15.9 Å². The summed E-state index contributed by atoms with van der Waals surface area (Å²) in [7, 11) is -1.85. The van der Waals surface area contributed by atoms with Crippen molar-refractivity contribution < 1.29 is 22.7 Å². The largest absolute Gasteiger partial charge is 0.477 e. The standard InChI is InChI=1S/C23H28N6O5S2/c1-4-34-20-12-24-10-18(27-20)19-11-26-23(35-19)22(30)28-21(14(2)13-33-3)17-9-15(7-8-25-17)29-36(31,32)16-5-6-16/h7-12,14,16,21H,4-6,13H2,1-3H3,(H,25,29)(H,28,30)/t14-,21?/m1/s1. The molecule has 0 aliphatic heterocycles. The second-order valence-electron chi connectivity index (χ2n) is 8.40. The summed E-state index contributed by atoms with van der Waals surface area (Å²) in [6, 6.07) is 2.68. The van der Waals surface area contributed by atoms with Gasteiger partial charge in [-0.1, -0.05) is 6.92 Å². The SMILES string of the molecule is CCOc1cncc(-c2cnc(C(=O)NC(c3cc(NS(=O)(=O)C4CC4)ccn3)[C@H](C)COC)s2)n1. The van der Waals surface area contributed by atoms with Gasteiger partial charge in [0.1, 0.15) is 5.69 Å². The number of sulfonamides is 1. The molecule has 1 fully saturated rings. The van der Waals surface area contributed by atoms with Crippen LogP contribution in [0.25, 0.3) is 10.6 Å². The maximum Gasteiger partial charge on any atom is 0.280 e. The quantitative estimate of drug-likeness (QED) is 0.359. The number of pyridine rings is 1. The monoisotopic (exact) mass is 532 g/mol. The summed E-state index contributed by atoms with van der Waals surface area (Å²) in [6.45, 7) is 4.59. The van der Waals surface area contributed by atoms with Gasteiger partial charge in [0.05, 0.1) is 53.2 Å².